The van der Waals surface area contributed by atoms with E-state index in [1.165, 1.54) is 11.1 Å². The second-order valence-corrected chi connectivity index (χ2v) is 6.18. The van der Waals surface area contributed by atoms with Gasteiger partial charge in [-0.2, -0.15) is 0 Å². The van der Waals surface area contributed by atoms with Gasteiger partial charge in [0.1, 0.15) is 0 Å². The maximum absolute atomic E-state index is 5.73. The summed E-state index contributed by atoms with van der Waals surface area (Å²) in [5, 5.41) is 0. The number of benzene rings is 2. The Kier molecular flexibility index (Phi) is 4.46. The minimum Gasteiger partial charge on any atom is -0.399 e. The summed E-state index contributed by atoms with van der Waals surface area (Å²) in [6.07, 6.45) is 0. The van der Waals surface area contributed by atoms with Crippen LogP contribution >= 0.6 is 0 Å². The predicted molar refractivity (Wildman–Crippen MR) is 84.5 cm³/mol. The minimum atomic E-state index is 0.198. The lowest BCUT2D eigenvalue weighted by molar-refractivity contribution is 0.107. The van der Waals surface area contributed by atoms with Crippen LogP contribution in [0.2, 0.25) is 0 Å². The van der Waals surface area contributed by atoms with E-state index in [0.717, 1.165) is 11.3 Å². The molecule has 2 heteroatoms. The highest BCUT2D eigenvalue weighted by molar-refractivity contribution is 5.39. The van der Waals surface area contributed by atoms with Crippen LogP contribution in [0, 0.1) is 0 Å². The fraction of sp³-hybridized carbons (Fsp3) is 0.333. The molecule has 106 valence electrons. The average molecular weight is 269 g/mol. The molecule has 2 aromatic rings. The number of nitrogens with two attached hydrogens (primary N) is 1. The van der Waals surface area contributed by atoms with Gasteiger partial charge in [0, 0.05) is 5.69 Å². The third-order valence-electron chi connectivity index (χ3n) is 3.34. The molecule has 0 saturated carbocycles. The fourth-order valence-corrected chi connectivity index (χ4v) is 2.00. The smallest absolute Gasteiger partial charge is 0.0721 e. The molecule has 2 rings (SSSR count). The van der Waals surface area contributed by atoms with E-state index in [1.54, 1.807) is 0 Å². The second kappa shape index (κ2) is 6.10. The van der Waals surface area contributed by atoms with Crippen molar-refractivity contribution in [1.29, 1.82) is 0 Å². The van der Waals surface area contributed by atoms with Crippen LogP contribution < -0.4 is 5.73 Å². The molecule has 0 radical (unpaired) electrons. The Bertz CT molecular complexity index is 535. The molecule has 0 bridgehead atoms. The van der Waals surface area contributed by atoms with Gasteiger partial charge in [-0.1, -0.05) is 57.2 Å². The lowest BCUT2D eigenvalue weighted by atomic mass is 9.87. The van der Waals surface area contributed by atoms with Crippen molar-refractivity contribution in [1.82, 2.24) is 0 Å². The van der Waals surface area contributed by atoms with E-state index in [4.69, 9.17) is 10.5 Å². The molecule has 20 heavy (non-hydrogen) atoms. The summed E-state index contributed by atoms with van der Waals surface area (Å²) in [5.74, 6) is 0. The van der Waals surface area contributed by atoms with Crippen molar-refractivity contribution in [2.24, 2.45) is 0 Å². The topological polar surface area (TPSA) is 35.2 Å². The summed E-state index contributed by atoms with van der Waals surface area (Å²) < 4.78 is 5.73. The van der Waals surface area contributed by atoms with Gasteiger partial charge in [-0.05, 0) is 34.2 Å². The predicted octanol–water partition coefficient (Wildman–Crippen LogP) is 4.28. The third-order valence-corrected chi connectivity index (χ3v) is 3.34. The molecule has 0 atom stereocenters. The molecule has 2 nitrogen and oxygen atoms in total. The van der Waals surface area contributed by atoms with Crippen molar-refractivity contribution in [3.63, 3.8) is 0 Å². The first kappa shape index (κ1) is 14.6. The summed E-state index contributed by atoms with van der Waals surface area (Å²) in [7, 11) is 0. The van der Waals surface area contributed by atoms with Crippen LogP contribution in [0.25, 0.3) is 0 Å². The van der Waals surface area contributed by atoms with Gasteiger partial charge in [0.05, 0.1) is 13.2 Å². The van der Waals surface area contributed by atoms with E-state index >= 15 is 0 Å². The zero-order valence-corrected chi connectivity index (χ0v) is 12.5. The van der Waals surface area contributed by atoms with Gasteiger partial charge < -0.3 is 10.5 Å². The van der Waals surface area contributed by atoms with Crippen molar-refractivity contribution >= 4 is 5.69 Å². The van der Waals surface area contributed by atoms with Gasteiger partial charge in [0.15, 0.2) is 0 Å². The number of rotatable bonds is 4. The van der Waals surface area contributed by atoms with Gasteiger partial charge >= 0.3 is 0 Å². The number of nitrogen functional groups attached to an aromatic ring is 1. The molecule has 0 fully saturated rings. The first-order valence-corrected chi connectivity index (χ1v) is 6.97. The highest BCUT2D eigenvalue weighted by Crippen LogP contribution is 2.22. The van der Waals surface area contributed by atoms with E-state index in [2.05, 4.69) is 45.0 Å². The van der Waals surface area contributed by atoms with Crippen molar-refractivity contribution in [3.05, 3.63) is 65.2 Å². The molecule has 0 heterocycles. The number of hydrogen-bond acceptors (Lipinski definition) is 2. The molecule has 0 amide bonds. The highest BCUT2D eigenvalue weighted by atomic mass is 16.5. The van der Waals surface area contributed by atoms with Crippen molar-refractivity contribution < 1.29 is 4.74 Å². The number of hydrogen-bond donors (Lipinski definition) is 1. The van der Waals surface area contributed by atoms with Gasteiger partial charge in [0.25, 0.3) is 0 Å². The SMILES string of the molecule is CC(C)(C)c1ccc(COCc2ccc(N)cc2)cc1. The lowest BCUT2D eigenvalue weighted by Gasteiger charge is -2.19. The number of ether oxygens (including phenoxy) is 1. The Morgan fingerprint density at radius 3 is 1.70 bits per heavy atom. The van der Waals surface area contributed by atoms with E-state index < -0.39 is 0 Å². The van der Waals surface area contributed by atoms with Crippen LogP contribution in [0.4, 0.5) is 5.69 Å². The van der Waals surface area contributed by atoms with Gasteiger partial charge in [-0.25, -0.2) is 0 Å². The van der Waals surface area contributed by atoms with Crippen LogP contribution in [-0.2, 0) is 23.4 Å². The molecule has 2 aromatic carbocycles. The quantitative estimate of drug-likeness (QED) is 0.841. The molecule has 0 aliphatic heterocycles. The summed E-state index contributed by atoms with van der Waals surface area (Å²) >= 11 is 0. The molecule has 2 N–H and O–H groups in total. The minimum absolute atomic E-state index is 0.198. The maximum Gasteiger partial charge on any atom is 0.0721 e. The third kappa shape index (κ3) is 4.10. The van der Waals surface area contributed by atoms with Gasteiger partial charge in [0.2, 0.25) is 0 Å². The first-order chi connectivity index (χ1) is 9.45. The molecular weight excluding hydrogens is 246 g/mol. The van der Waals surface area contributed by atoms with E-state index in [1.807, 2.05) is 24.3 Å². The normalized spacial score (nSPS) is 11.6. The molecule has 0 saturated heterocycles. The highest BCUT2D eigenvalue weighted by Gasteiger charge is 2.12. The fourth-order valence-electron chi connectivity index (χ4n) is 2.00. The Morgan fingerprint density at radius 2 is 1.25 bits per heavy atom. The van der Waals surface area contributed by atoms with Crippen LogP contribution in [0.3, 0.4) is 0 Å². The first-order valence-electron chi connectivity index (χ1n) is 6.97. The lowest BCUT2D eigenvalue weighted by Crippen LogP contribution is -2.10. The largest absolute Gasteiger partial charge is 0.399 e. The van der Waals surface area contributed by atoms with E-state index in [0.29, 0.717) is 13.2 Å². The summed E-state index contributed by atoms with van der Waals surface area (Å²) in [4.78, 5) is 0. The zero-order chi connectivity index (χ0) is 14.6. The molecule has 0 aliphatic rings. The number of anilines is 1. The Hall–Kier alpha value is -1.80. The molecular formula is C18H23NO. The summed E-state index contributed by atoms with van der Waals surface area (Å²) in [6, 6.07) is 16.4. The van der Waals surface area contributed by atoms with Gasteiger partial charge in [-0.3, -0.25) is 0 Å². The van der Waals surface area contributed by atoms with Crippen molar-refractivity contribution in [2.75, 3.05) is 5.73 Å². The van der Waals surface area contributed by atoms with Crippen LogP contribution in [0.1, 0.15) is 37.5 Å². The zero-order valence-electron chi connectivity index (χ0n) is 12.5. The molecule has 0 spiro atoms. The Balaban J connectivity index is 1.87. The van der Waals surface area contributed by atoms with Crippen LogP contribution in [0.5, 0.6) is 0 Å². The second-order valence-electron chi connectivity index (χ2n) is 6.18. The van der Waals surface area contributed by atoms with Crippen LogP contribution in [0.15, 0.2) is 48.5 Å². The monoisotopic (exact) mass is 269 g/mol. The summed E-state index contributed by atoms with van der Waals surface area (Å²) in [5.41, 5.74) is 10.3. The van der Waals surface area contributed by atoms with E-state index in [-0.39, 0.29) is 5.41 Å². The van der Waals surface area contributed by atoms with E-state index in [9.17, 15) is 0 Å². The van der Waals surface area contributed by atoms with Gasteiger partial charge in [-0.15, -0.1) is 0 Å². The van der Waals surface area contributed by atoms with Crippen LogP contribution in [-0.4, -0.2) is 0 Å². The van der Waals surface area contributed by atoms with Crippen molar-refractivity contribution in [3.8, 4) is 0 Å². The average Bonchev–Trinajstić information content (AvgIpc) is 2.41. The summed E-state index contributed by atoms with van der Waals surface area (Å²) in [6.45, 7) is 7.91. The molecule has 0 unspecified atom stereocenters. The molecule has 0 aromatic heterocycles. The maximum atomic E-state index is 5.73. The Morgan fingerprint density at radius 1 is 0.800 bits per heavy atom. The molecule has 0 aliphatic carbocycles. The Labute approximate surface area is 121 Å². The standard InChI is InChI=1S/C18H23NO/c1-18(2,3)16-8-4-14(5-9-16)12-20-13-15-6-10-17(19)11-7-15/h4-11H,12-13,19H2,1-3H3. The van der Waals surface area contributed by atoms with Crippen molar-refractivity contribution in [2.45, 2.75) is 39.4 Å².